The van der Waals surface area contributed by atoms with Gasteiger partial charge >= 0.3 is 35.8 Å². The van der Waals surface area contributed by atoms with E-state index in [1.165, 1.54) is 57.5 Å². The van der Waals surface area contributed by atoms with Gasteiger partial charge in [0.25, 0.3) is 8.53 Å². The lowest BCUT2D eigenvalue weighted by atomic mass is 9.80. The third-order valence-electron chi connectivity index (χ3n) is 19.5. The SMILES string of the molecule is CC(=O)OCCCCBr.CC(=O)OCCCC[P+](c1ccccc1)(c1ccccc1)c1ccccc1.CC(C)N(C(C)C)P(Cl)OCCC#N.CCCCCCC(OC(C)=O)C(CCCOP(OCCC#N)N(C(C)C)C(C)C)OC(C)=O.COc1ccc(C(OCCCCCC(OC(C)=O)C(CCCO)OC(C)=O)(c2ccccc2)c2ccc(OC)cc2)cc1.[Br-]. The average molecular weight is 1970 g/mol. The van der Waals surface area contributed by atoms with Gasteiger partial charge in [0.1, 0.15) is 64.7 Å². The fourth-order valence-corrected chi connectivity index (χ4v) is 22.8. The molecule has 0 spiro atoms. The van der Waals surface area contributed by atoms with Gasteiger partial charge in [0.05, 0.1) is 78.4 Å². The molecule has 0 heterocycles. The van der Waals surface area contributed by atoms with E-state index in [-0.39, 0.29) is 59.5 Å². The molecule has 0 aliphatic heterocycles. The molecular weight excluding hydrogens is 1830 g/mol. The van der Waals surface area contributed by atoms with Crippen LogP contribution in [0.5, 0.6) is 11.5 Å². The Balaban J connectivity index is 0.000000857. The molecule has 0 aliphatic carbocycles. The van der Waals surface area contributed by atoms with E-state index in [2.05, 4.69) is 202 Å². The maximum atomic E-state index is 11.8. The lowest BCUT2D eigenvalue weighted by Crippen LogP contribution is -3.00. The van der Waals surface area contributed by atoms with Crippen LogP contribution in [0.25, 0.3) is 0 Å². The summed E-state index contributed by atoms with van der Waals surface area (Å²) in [6, 6.07) is 63.9. The highest BCUT2D eigenvalue weighted by Gasteiger charge is 2.45. The topological polar surface area (TPSA) is 287 Å². The van der Waals surface area contributed by atoms with Gasteiger partial charge < -0.3 is 78.3 Å². The van der Waals surface area contributed by atoms with Crippen LogP contribution in [0, 0.1) is 22.7 Å². The Morgan fingerprint density at radius 2 is 0.772 bits per heavy atom. The summed E-state index contributed by atoms with van der Waals surface area (Å²) < 4.78 is 71.3. The van der Waals surface area contributed by atoms with Gasteiger partial charge in [0.15, 0.2) is 0 Å². The summed E-state index contributed by atoms with van der Waals surface area (Å²) in [6.45, 7) is 29.8. The normalized spacial score (nSPS) is 12.5. The van der Waals surface area contributed by atoms with E-state index >= 15 is 0 Å². The second kappa shape index (κ2) is 70.8. The van der Waals surface area contributed by atoms with Crippen molar-refractivity contribution in [1.82, 2.24) is 9.34 Å². The van der Waals surface area contributed by atoms with E-state index < -0.39 is 65.4 Å². The zero-order valence-electron chi connectivity index (χ0n) is 78.1. The number of alkyl halides is 1. The van der Waals surface area contributed by atoms with E-state index in [1.54, 1.807) is 14.2 Å². The fraction of sp³-hybridized carbons (Fsp3) is 0.551. The Morgan fingerprint density at radius 1 is 0.425 bits per heavy atom. The van der Waals surface area contributed by atoms with E-state index in [0.29, 0.717) is 103 Å². The third-order valence-corrected chi connectivity index (χ3v) is 29.2. The maximum absolute atomic E-state index is 11.8. The number of methoxy groups -OCH3 is 2. The van der Waals surface area contributed by atoms with Crippen molar-refractivity contribution in [3.8, 4) is 23.6 Å². The Bertz CT molecular complexity index is 3820. The van der Waals surface area contributed by atoms with Crippen LogP contribution in [0.1, 0.15) is 243 Å². The predicted molar refractivity (Wildman–Crippen MR) is 511 cm³/mol. The minimum Gasteiger partial charge on any atom is -1.00 e. The minimum atomic E-state index is -1.76. The van der Waals surface area contributed by atoms with Gasteiger partial charge in [-0.1, -0.05) is 158 Å². The number of carbonyl (C=O) groups is 6. The van der Waals surface area contributed by atoms with E-state index in [0.717, 1.165) is 110 Å². The molecule has 23 nitrogen and oxygen atoms in total. The summed E-state index contributed by atoms with van der Waals surface area (Å²) in [7, 11) is -0.863. The Hall–Kier alpha value is -7.02. The second-order valence-corrected chi connectivity index (χ2v) is 38.8. The molecular formula is C98H144Br2ClN4O19P3. The van der Waals surface area contributed by atoms with Gasteiger partial charge in [0.2, 0.25) is 7.65 Å². The summed E-state index contributed by atoms with van der Waals surface area (Å²) in [5.41, 5.74) is 2.04. The van der Waals surface area contributed by atoms with Crippen molar-refractivity contribution in [2.75, 3.05) is 72.0 Å². The summed E-state index contributed by atoms with van der Waals surface area (Å²) >= 11 is 9.41. The quantitative estimate of drug-likeness (QED) is 0.00927. The zero-order valence-corrected chi connectivity index (χ0v) is 84.8. The number of esters is 6. The number of hydrogen-bond donors (Lipinski definition) is 1. The fourth-order valence-electron chi connectivity index (χ4n) is 14.0. The van der Waals surface area contributed by atoms with Gasteiger partial charge in [-0.25, -0.2) is 9.34 Å². The van der Waals surface area contributed by atoms with Gasteiger partial charge in [-0.3, -0.25) is 28.8 Å². The molecule has 0 amide bonds. The van der Waals surface area contributed by atoms with Crippen molar-refractivity contribution in [2.45, 2.75) is 280 Å². The first-order chi connectivity index (χ1) is 60.5. The molecule has 0 fully saturated rings. The molecule has 0 saturated heterocycles. The number of nitrogens with zero attached hydrogens (tertiary/aromatic N) is 4. The molecule has 1 N–H and O–H groups in total. The van der Waals surface area contributed by atoms with Crippen LogP contribution in [-0.2, 0) is 81.1 Å². The highest BCUT2D eigenvalue weighted by Crippen LogP contribution is 2.56. The smallest absolute Gasteiger partial charge is 0.303 e. The highest BCUT2D eigenvalue weighted by molar-refractivity contribution is 9.09. The van der Waals surface area contributed by atoms with Crippen LogP contribution >= 0.6 is 50.6 Å². The molecule has 0 bridgehead atoms. The Morgan fingerprint density at radius 3 is 1.13 bits per heavy atom. The van der Waals surface area contributed by atoms with Crippen LogP contribution < -0.4 is 42.4 Å². The standard InChI is InChI=1S/C35H44O8.C24H45N2O6P.C24H26O2P.C9H18ClN2OP.C6H11BrO2.BrH/c1-26(37)42-33(34(15-11-24-36)43-27(2)38)14-9-6-10-25-41-35(28-12-7-5-8-13-28,29-16-20-31(39-3)21-17-29)30-18-22-32(40-4)23-19-30;1-8-9-10-11-14-23(31-21(6)27)24(32-22(7)28)15-12-17-29-33(30-18-13-16-25)26(19(2)3)20(4)5;1-21(25)26-19-11-12-20-27(22-13-5-2-6-14-22,23-15-7-3-8-16-23)24-17-9-4-10-18-24;1-8(2)12(9(3)4)14(10)13-7-5-6-11;1-6(8)9-5-3-2-4-7;/h5,7-8,12-13,16-23,33-34,36H,6,9-11,14-15,24-25H2,1-4H3;19-20,23-24H,8-15,17-18H2,1-7H3;2-10,13-18H,11-12,19-20H2,1H3;8-9H,5,7H2,1-4H3;2-5H2,1H3;1H/q;;+1;;;/p-1. The van der Waals surface area contributed by atoms with Gasteiger partial charge in [-0.2, -0.15) is 10.5 Å². The van der Waals surface area contributed by atoms with Crippen LogP contribution in [0.4, 0.5) is 0 Å². The molecule has 0 aliphatic rings. The van der Waals surface area contributed by atoms with Crippen LogP contribution in [0.3, 0.4) is 0 Å². The van der Waals surface area contributed by atoms with Gasteiger partial charge in [-0.05, 0) is 227 Å². The van der Waals surface area contributed by atoms with Crippen LogP contribution in [-0.4, -0.2) is 171 Å². The number of hydrogen-bond acceptors (Lipinski definition) is 23. The van der Waals surface area contributed by atoms with Crippen molar-refractivity contribution in [2.24, 2.45) is 0 Å². The number of aliphatic hydroxyl groups is 1. The lowest BCUT2D eigenvalue weighted by Gasteiger charge is -2.36. The van der Waals surface area contributed by atoms with Crippen LogP contribution in [0.15, 0.2) is 170 Å². The second-order valence-electron chi connectivity index (χ2n) is 30.9. The molecule has 0 aromatic heterocycles. The van der Waals surface area contributed by atoms with E-state index in [4.69, 9.17) is 73.2 Å². The third kappa shape index (κ3) is 47.6. The molecule has 29 heteroatoms. The van der Waals surface area contributed by atoms with Crippen molar-refractivity contribution in [3.05, 3.63) is 187 Å². The van der Waals surface area contributed by atoms with Gasteiger partial charge in [-0.15, -0.1) is 0 Å². The number of unbranched alkanes of at least 4 members (excludes halogenated alkanes) is 7. The molecule has 6 aromatic rings. The zero-order chi connectivity index (χ0) is 93.5. The lowest BCUT2D eigenvalue weighted by molar-refractivity contribution is -0.166. The first-order valence-electron chi connectivity index (χ1n) is 44.1. The van der Waals surface area contributed by atoms with Crippen molar-refractivity contribution < 1.29 is 107 Å². The predicted octanol–water partition coefficient (Wildman–Crippen LogP) is 18.7. The summed E-state index contributed by atoms with van der Waals surface area (Å²) in [4.78, 5) is 68.1. The van der Waals surface area contributed by atoms with Gasteiger partial charge in [0, 0.05) is 84.3 Å². The molecule has 6 aromatic carbocycles. The molecule has 0 saturated carbocycles. The largest absolute Gasteiger partial charge is 1.00 e. The van der Waals surface area contributed by atoms with Crippen LogP contribution in [0.2, 0.25) is 0 Å². The first-order valence-corrected chi connectivity index (χ1v) is 50.4. The molecule has 0 radical (unpaired) electrons. The molecule has 6 rings (SSSR count). The highest BCUT2D eigenvalue weighted by atomic mass is 79.9. The molecule has 706 valence electrons. The number of halogens is 3. The number of ether oxygens (including phenoxy) is 9. The molecule has 6 atom stereocenters. The summed E-state index contributed by atoms with van der Waals surface area (Å²) in [5.74, 6) is -0.510. The summed E-state index contributed by atoms with van der Waals surface area (Å²) in [6.07, 6.45) is 13.2. The van der Waals surface area contributed by atoms with Crippen molar-refractivity contribution in [1.29, 1.82) is 10.5 Å². The van der Waals surface area contributed by atoms with E-state index in [9.17, 15) is 33.9 Å². The van der Waals surface area contributed by atoms with Crippen molar-refractivity contribution >= 4 is 102 Å². The first kappa shape index (κ1) is 118. The number of benzene rings is 6. The summed E-state index contributed by atoms with van der Waals surface area (Å²) in [5, 5.41) is 31.6. The number of nitriles is 2. The molecule has 127 heavy (non-hydrogen) atoms. The Labute approximate surface area is 786 Å². The monoisotopic (exact) mass is 1970 g/mol. The number of aliphatic hydroxyl groups excluding tert-OH is 1. The molecule has 6 unspecified atom stereocenters. The average Bonchev–Trinajstić information content (AvgIpc) is 0.761. The van der Waals surface area contributed by atoms with E-state index in [1.807, 2.05) is 72.8 Å². The number of carbonyl (C=O) groups excluding carboxylic acids is 6. The van der Waals surface area contributed by atoms with Crippen molar-refractivity contribution in [3.63, 3.8) is 0 Å². The minimum absolute atomic E-state index is 0. The Kier molecular flexibility index (Phi) is 65.7. The maximum Gasteiger partial charge on any atom is 0.303 e. The number of rotatable bonds is 55.